The van der Waals surface area contributed by atoms with Crippen LogP contribution in [0.25, 0.3) is 98.8 Å². The van der Waals surface area contributed by atoms with E-state index in [1.54, 1.807) is 11.3 Å². The first-order valence-corrected chi connectivity index (χ1v) is 17.3. The number of nitrogens with zero attached hydrogens (tertiary/aromatic N) is 4. The van der Waals surface area contributed by atoms with Gasteiger partial charge >= 0.3 is 0 Å². The molecule has 0 amide bonds. The highest BCUT2D eigenvalue weighted by Gasteiger charge is 2.20. The number of benzene rings is 7. The van der Waals surface area contributed by atoms with Gasteiger partial charge in [-0.15, -0.1) is 11.3 Å². The van der Waals surface area contributed by atoms with E-state index in [0.717, 1.165) is 70.0 Å². The average Bonchev–Trinajstić information content (AvgIpc) is 3.78. The first-order chi connectivity index (χ1) is 24.7. The highest BCUT2D eigenvalue weighted by Crippen LogP contribution is 2.42. The third kappa shape index (κ3) is 4.85. The molecule has 6 heteroatoms. The molecule has 0 saturated heterocycles. The van der Waals surface area contributed by atoms with E-state index >= 15 is 0 Å². The van der Waals surface area contributed by atoms with E-state index in [4.69, 9.17) is 24.4 Å². The molecule has 234 valence electrons. The Bertz CT molecular complexity index is 2880. The Morgan fingerprint density at radius 2 is 1.08 bits per heavy atom. The van der Waals surface area contributed by atoms with Crippen molar-refractivity contribution in [3.05, 3.63) is 158 Å². The van der Waals surface area contributed by atoms with Crippen molar-refractivity contribution >= 4 is 53.4 Å². The number of hydrogen-bond donors (Lipinski definition) is 0. The Hall–Kier alpha value is -6.50. The van der Waals surface area contributed by atoms with Gasteiger partial charge in [0.2, 0.25) is 5.89 Å². The van der Waals surface area contributed by atoms with Crippen molar-refractivity contribution in [3.8, 4) is 56.7 Å². The summed E-state index contributed by atoms with van der Waals surface area (Å²) in [7, 11) is 0. The molecule has 3 aromatic heterocycles. The smallest absolute Gasteiger partial charge is 0.227 e. The number of oxazole rings is 1. The first kappa shape index (κ1) is 28.5. The normalized spacial score (nSPS) is 11.6. The van der Waals surface area contributed by atoms with Crippen molar-refractivity contribution < 1.29 is 4.42 Å². The Kier molecular flexibility index (Phi) is 6.60. The highest BCUT2D eigenvalue weighted by atomic mass is 32.1. The largest absolute Gasteiger partial charge is 0.436 e. The van der Waals surface area contributed by atoms with Crippen molar-refractivity contribution in [1.29, 1.82) is 0 Å². The standard InChI is InChI=1S/C44H26N4OS/c1-3-13-28(14-4-1)32-18-9-10-19-33(32)42-46-41(31-23-22-27-12-7-8-17-30(27)24-31)47-43(48-42)34-20-11-21-38-40(34)35-25-36-37(26-39(35)50-38)49-44(45-36)29-15-5-2-6-16-29/h1-26H. The Labute approximate surface area is 291 Å². The van der Waals surface area contributed by atoms with Gasteiger partial charge in [0, 0.05) is 48.5 Å². The van der Waals surface area contributed by atoms with Crippen LogP contribution in [0.4, 0.5) is 0 Å². The summed E-state index contributed by atoms with van der Waals surface area (Å²) in [5.41, 5.74) is 7.54. The molecule has 50 heavy (non-hydrogen) atoms. The fourth-order valence-electron chi connectivity index (χ4n) is 6.76. The zero-order valence-corrected chi connectivity index (χ0v) is 27.4. The predicted molar refractivity (Wildman–Crippen MR) is 205 cm³/mol. The molecule has 10 aromatic rings. The molecule has 7 aromatic carbocycles. The molecule has 0 aliphatic heterocycles. The molecule has 3 heterocycles. The molecule has 10 rings (SSSR count). The monoisotopic (exact) mass is 658 g/mol. The maximum absolute atomic E-state index is 6.24. The van der Waals surface area contributed by atoms with Gasteiger partial charge in [0.05, 0.1) is 0 Å². The molecule has 0 atom stereocenters. The summed E-state index contributed by atoms with van der Waals surface area (Å²) in [5, 5.41) is 4.50. The van der Waals surface area contributed by atoms with Crippen molar-refractivity contribution in [2.24, 2.45) is 0 Å². The van der Waals surface area contributed by atoms with E-state index < -0.39 is 0 Å². The lowest BCUT2D eigenvalue weighted by atomic mass is 9.99. The van der Waals surface area contributed by atoms with E-state index in [1.807, 2.05) is 42.5 Å². The molecular formula is C44H26N4OS. The van der Waals surface area contributed by atoms with Crippen LogP contribution in [0.15, 0.2) is 162 Å². The number of thiophene rings is 1. The molecule has 0 aliphatic rings. The van der Waals surface area contributed by atoms with Crippen LogP contribution in [0.3, 0.4) is 0 Å². The minimum Gasteiger partial charge on any atom is -0.436 e. The molecule has 0 radical (unpaired) electrons. The summed E-state index contributed by atoms with van der Waals surface area (Å²) >= 11 is 1.73. The third-order valence-corrected chi connectivity index (χ3v) is 10.3. The zero-order valence-electron chi connectivity index (χ0n) is 26.6. The minimum absolute atomic E-state index is 0.613. The molecule has 0 unspecified atom stereocenters. The first-order valence-electron chi connectivity index (χ1n) is 16.5. The van der Waals surface area contributed by atoms with Crippen molar-refractivity contribution in [2.45, 2.75) is 0 Å². The second-order valence-electron chi connectivity index (χ2n) is 12.3. The molecular weight excluding hydrogens is 633 g/mol. The maximum atomic E-state index is 6.24. The summed E-state index contributed by atoms with van der Waals surface area (Å²) in [6, 6.07) is 54.1. The fraction of sp³-hybridized carbons (Fsp3) is 0. The van der Waals surface area contributed by atoms with Gasteiger partial charge in [0.15, 0.2) is 23.1 Å². The third-order valence-electron chi connectivity index (χ3n) is 9.16. The molecule has 0 N–H and O–H groups in total. The van der Waals surface area contributed by atoms with Gasteiger partial charge in [0.1, 0.15) is 5.52 Å². The minimum atomic E-state index is 0.613. The molecule has 0 fully saturated rings. The van der Waals surface area contributed by atoms with Gasteiger partial charge in [0.25, 0.3) is 0 Å². The van der Waals surface area contributed by atoms with E-state index in [0.29, 0.717) is 23.4 Å². The second kappa shape index (κ2) is 11.6. The Balaban J connectivity index is 1.21. The number of fused-ring (bicyclic) bond motifs is 5. The van der Waals surface area contributed by atoms with Crippen LogP contribution < -0.4 is 0 Å². The van der Waals surface area contributed by atoms with Crippen LogP contribution in [0.1, 0.15) is 0 Å². The summed E-state index contributed by atoms with van der Waals surface area (Å²) in [6.45, 7) is 0. The maximum Gasteiger partial charge on any atom is 0.227 e. The van der Waals surface area contributed by atoms with Gasteiger partial charge in [-0.05, 0) is 52.2 Å². The zero-order chi connectivity index (χ0) is 33.0. The van der Waals surface area contributed by atoms with Crippen LogP contribution in [0.2, 0.25) is 0 Å². The predicted octanol–water partition coefficient (Wildman–Crippen LogP) is 11.9. The summed E-state index contributed by atoms with van der Waals surface area (Å²) in [4.78, 5) is 20.5. The average molecular weight is 659 g/mol. The summed E-state index contributed by atoms with van der Waals surface area (Å²) < 4.78 is 8.51. The van der Waals surface area contributed by atoms with Crippen LogP contribution in [0, 0.1) is 0 Å². The van der Waals surface area contributed by atoms with Gasteiger partial charge in [-0.25, -0.2) is 19.9 Å². The lowest BCUT2D eigenvalue weighted by Gasteiger charge is -2.13. The molecule has 0 saturated carbocycles. The lowest BCUT2D eigenvalue weighted by Crippen LogP contribution is -2.01. The van der Waals surface area contributed by atoms with Crippen LogP contribution in [0.5, 0.6) is 0 Å². The molecule has 5 nitrogen and oxygen atoms in total. The van der Waals surface area contributed by atoms with Crippen LogP contribution >= 0.6 is 11.3 Å². The van der Waals surface area contributed by atoms with Gasteiger partial charge in [-0.1, -0.05) is 121 Å². The van der Waals surface area contributed by atoms with Crippen molar-refractivity contribution in [1.82, 2.24) is 19.9 Å². The van der Waals surface area contributed by atoms with Gasteiger partial charge in [-0.2, -0.15) is 0 Å². The SMILES string of the molecule is c1ccc(-c2nc3cc4c(cc3o2)sc2cccc(-c3nc(-c5ccc6ccccc6c5)nc(-c5ccccc5-c5ccccc5)n3)c24)cc1. The van der Waals surface area contributed by atoms with E-state index in [1.165, 1.54) is 5.39 Å². The lowest BCUT2D eigenvalue weighted by molar-refractivity contribution is 0.620. The van der Waals surface area contributed by atoms with E-state index in [2.05, 4.69) is 115 Å². The fourth-order valence-corrected chi connectivity index (χ4v) is 7.90. The number of rotatable bonds is 5. The van der Waals surface area contributed by atoms with E-state index in [9.17, 15) is 0 Å². The summed E-state index contributed by atoms with van der Waals surface area (Å²) in [6.07, 6.45) is 0. The van der Waals surface area contributed by atoms with Crippen LogP contribution in [-0.2, 0) is 0 Å². The summed E-state index contributed by atoms with van der Waals surface area (Å²) in [5.74, 6) is 2.49. The topological polar surface area (TPSA) is 64.7 Å². The quantitative estimate of drug-likeness (QED) is 0.184. The van der Waals surface area contributed by atoms with Gasteiger partial charge in [-0.3, -0.25) is 0 Å². The second-order valence-corrected chi connectivity index (χ2v) is 13.3. The molecule has 0 spiro atoms. The Morgan fingerprint density at radius 1 is 0.420 bits per heavy atom. The van der Waals surface area contributed by atoms with Crippen molar-refractivity contribution in [2.75, 3.05) is 0 Å². The van der Waals surface area contributed by atoms with E-state index in [-0.39, 0.29) is 0 Å². The number of aromatic nitrogens is 4. The molecule has 0 aliphatic carbocycles. The number of hydrogen-bond acceptors (Lipinski definition) is 6. The molecule has 0 bridgehead atoms. The van der Waals surface area contributed by atoms with Crippen molar-refractivity contribution in [3.63, 3.8) is 0 Å². The highest BCUT2D eigenvalue weighted by molar-refractivity contribution is 7.26. The van der Waals surface area contributed by atoms with Gasteiger partial charge < -0.3 is 4.42 Å². The van der Waals surface area contributed by atoms with Crippen LogP contribution in [-0.4, -0.2) is 19.9 Å². The Morgan fingerprint density at radius 3 is 1.90 bits per heavy atom.